The van der Waals surface area contributed by atoms with Crippen LogP contribution in [0.25, 0.3) is 0 Å². The highest BCUT2D eigenvalue weighted by atomic mass is 16.5. The summed E-state index contributed by atoms with van der Waals surface area (Å²) in [6.45, 7) is 0.716. The van der Waals surface area contributed by atoms with Gasteiger partial charge in [0.05, 0.1) is 6.61 Å². The first-order valence-electron chi connectivity index (χ1n) is 6.89. The van der Waals surface area contributed by atoms with E-state index in [0.29, 0.717) is 12.5 Å². The molecule has 98 valence electrons. The number of benzene rings is 2. The Labute approximate surface area is 114 Å². The summed E-state index contributed by atoms with van der Waals surface area (Å²) in [4.78, 5) is 0. The molecule has 1 aliphatic rings. The van der Waals surface area contributed by atoms with Crippen molar-refractivity contribution in [3.05, 3.63) is 59.7 Å². The van der Waals surface area contributed by atoms with E-state index in [1.807, 2.05) is 18.2 Å². The van der Waals surface area contributed by atoms with Gasteiger partial charge in [0.1, 0.15) is 5.75 Å². The summed E-state index contributed by atoms with van der Waals surface area (Å²) in [6, 6.07) is 16.4. The van der Waals surface area contributed by atoms with Gasteiger partial charge in [-0.2, -0.15) is 0 Å². The summed E-state index contributed by atoms with van der Waals surface area (Å²) >= 11 is 0. The third-order valence-corrected chi connectivity index (χ3v) is 3.54. The summed E-state index contributed by atoms with van der Waals surface area (Å²) in [5.74, 6) is 1.67. The van der Waals surface area contributed by atoms with Crippen molar-refractivity contribution in [2.75, 3.05) is 12.3 Å². The zero-order chi connectivity index (χ0) is 13.1. The Kier molecular flexibility index (Phi) is 3.41. The Morgan fingerprint density at radius 2 is 1.84 bits per heavy atom. The van der Waals surface area contributed by atoms with E-state index in [-0.39, 0.29) is 0 Å². The minimum atomic E-state index is 0.662. The molecule has 1 saturated carbocycles. The average molecular weight is 253 g/mol. The second kappa shape index (κ2) is 5.35. The lowest BCUT2D eigenvalue weighted by Crippen LogP contribution is -2.03. The third kappa shape index (κ3) is 3.08. The van der Waals surface area contributed by atoms with E-state index in [0.717, 1.165) is 17.9 Å². The molecule has 0 radical (unpaired) electrons. The van der Waals surface area contributed by atoms with Gasteiger partial charge in [-0.1, -0.05) is 30.3 Å². The van der Waals surface area contributed by atoms with Crippen LogP contribution in [0, 0.1) is 0 Å². The van der Waals surface area contributed by atoms with Crippen molar-refractivity contribution in [3.8, 4) is 5.75 Å². The van der Waals surface area contributed by atoms with Crippen LogP contribution in [-0.2, 0) is 6.42 Å². The number of hydrogen-bond acceptors (Lipinski definition) is 2. The van der Waals surface area contributed by atoms with Gasteiger partial charge in [0, 0.05) is 12.1 Å². The standard InChI is InChI=1S/C17H19NO/c18-15-8-9-17(16(12-15)14-6-7-14)19-11-10-13-4-2-1-3-5-13/h1-5,8-9,12,14H,6-7,10-11,18H2. The lowest BCUT2D eigenvalue weighted by Gasteiger charge is -2.12. The fraction of sp³-hybridized carbons (Fsp3) is 0.294. The van der Waals surface area contributed by atoms with Crippen LogP contribution in [0.4, 0.5) is 5.69 Å². The number of rotatable bonds is 5. The van der Waals surface area contributed by atoms with Gasteiger partial charge in [0.25, 0.3) is 0 Å². The molecule has 0 bridgehead atoms. The van der Waals surface area contributed by atoms with Gasteiger partial charge in [-0.25, -0.2) is 0 Å². The van der Waals surface area contributed by atoms with E-state index in [1.165, 1.54) is 24.0 Å². The molecule has 2 heteroatoms. The van der Waals surface area contributed by atoms with Gasteiger partial charge in [-0.05, 0) is 48.1 Å². The summed E-state index contributed by atoms with van der Waals surface area (Å²) in [5, 5.41) is 0. The van der Waals surface area contributed by atoms with Gasteiger partial charge in [-0.3, -0.25) is 0 Å². The van der Waals surface area contributed by atoms with Crippen LogP contribution >= 0.6 is 0 Å². The fourth-order valence-corrected chi connectivity index (χ4v) is 2.34. The van der Waals surface area contributed by atoms with E-state index in [4.69, 9.17) is 10.5 Å². The number of ether oxygens (including phenoxy) is 1. The second-order valence-electron chi connectivity index (χ2n) is 5.16. The quantitative estimate of drug-likeness (QED) is 0.823. The zero-order valence-electron chi connectivity index (χ0n) is 11.0. The molecule has 19 heavy (non-hydrogen) atoms. The Bertz CT molecular complexity index is 546. The molecule has 0 amide bonds. The van der Waals surface area contributed by atoms with Crippen molar-refractivity contribution in [3.63, 3.8) is 0 Å². The van der Waals surface area contributed by atoms with Crippen molar-refractivity contribution in [1.82, 2.24) is 0 Å². The molecule has 0 spiro atoms. The van der Waals surface area contributed by atoms with E-state index >= 15 is 0 Å². The summed E-state index contributed by atoms with van der Waals surface area (Å²) in [5.41, 5.74) is 9.28. The zero-order valence-corrected chi connectivity index (χ0v) is 11.0. The van der Waals surface area contributed by atoms with Crippen molar-refractivity contribution < 1.29 is 4.74 Å². The number of nitrogen functional groups attached to an aromatic ring is 1. The monoisotopic (exact) mass is 253 g/mol. The molecule has 1 fully saturated rings. The highest BCUT2D eigenvalue weighted by Crippen LogP contribution is 2.44. The fourth-order valence-electron chi connectivity index (χ4n) is 2.34. The minimum Gasteiger partial charge on any atom is -0.493 e. The van der Waals surface area contributed by atoms with Gasteiger partial charge in [0.2, 0.25) is 0 Å². The predicted molar refractivity (Wildman–Crippen MR) is 78.5 cm³/mol. The van der Waals surface area contributed by atoms with Crippen LogP contribution in [0.15, 0.2) is 48.5 Å². The molecular weight excluding hydrogens is 234 g/mol. The Balaban J connectivity index is 1.63. The van der Waals surface area contributed by atoms with Gasteiger partial charge >= 0.3 is 0 Å². The largest absolute Gasteiger partial charge is 0.493 e. The smallest absolute Gasteiger partial charge is 0.122 e. The second-order valence-corrected chi connectivity index (χ2v) is 5.16. The summed E-state index contributed by atoms with van der Waals surface area (Å²) < 4.78 is 5.94. The maximum absolute atomic E-state index is 5.94. The maximum Gasteiger partial charge on any atom is 0.122 e. The van der Waals surface area contributed by atoms with Crippen LogP contribution in [-0.4, -0.2) is 6.61 Å². The summed E-state index contributed by atoms with van der Waals surface area (Å²) in [7, 11) is 0. The SMILES string of the molecule is Nc1ccc(OCCc2ccccc2)c(C2CC2)c1. The first kappa shape index (κ1) is 12.1. The minimum absolute atomic E-state index is 0.662. The molecule has 2 aromatic carbocycles. The van der Waals surface area contributed by atoms with Crippen LogP contribution < -0.4 is 10.5 Å². The number of hydrogen-bond donors (Lipinski definition) is 1. The van der Waals surface area contributed by atoms with E-state index < -0.39 is 0 Å². The molecule has 3 rings (SSSR count). The van der Waals surface area contributed by atoms with Gasteiger partial charge < -0.3 is 10.5 Å². The molecule has 2 aromatic rings. The van der Waals surface area contributed by atoms with Gasteiger partial charge in [-0.15, -0.1) is 0 Å². The van der Waals surface area contributed by atoms with Gasteiger partial charge in [0.15, 0.2) is 0 Å². The number of anilines is 1. The summed E-state index contributed by atoms with van der Waals surface area (Å²) in [6.07, 6.45) is 3.46. The Morgan fingerprint density at radius 1 is 1.05 bits per heavy atom. The molecule has 0 aromatic heterocycles. The topological polar surface area (TPSA) is 35.2 Å². The number of nitrogens with two attached hydrogens (primary N) is 1. The molecule has 0 atom stereocenters. The Morgan fingerprint density at radius 3 is 2.58 bits per heavy atom. The first-order valence-corrected chi connectivity index (χ1v) is 6.89. The predicted octanol–water partition coefficient (Wildman–Crippen LogP) is 3.77. The van der Waals surface area contributed by atoms with Crippen LogP contribution in [0.2, 0.25) is 0 Å². The lowest BCUT2D eigenvalue weighted by atomic mass is 10.1. The van der Waals surface area contributed by atoms with Crippen LogP contribution in [0.1, 0.15) is 29.9 Å². The molecule has 0 saturated heterocycles. The van der Waals surface area contributed by atoms with Crippen molar-refractivity contribution in [1.29, 1.82) is 0 Å². The molecule has 0 unspecified atom stereocenters. The Hall–Kier alpha value is -1.96. The highest BCUT2D eigenvalue weighted by Gasteiger charge is 2.26. The third-order valence-electron chi connectivity index (χ3n) is 3.54. The highest BCUT2D eigenvalue weighted by molar-refractivity contribution is 5.50. The molecule has 2 N–H and O–H groups in total. The maximum atomic E-state index is 5.94. The molecule has 2 nitrogen and oxygen atoms in total. The van der Waals surface area contributed by atoms with Crippen molar-refractivity contribution in [2.45, 2.75) is 25.2 Å². The first-order chi connectivity index (χ1) is 9.33. The van der Waals surface area contributed by atoms with Crippen molar-refractivity contribution in [2.24, 2.45) is 0 Å². The van der Waals surface area contributed by atoms with E-state index in [1.54, 1.807) is 0 Å². The van der Waals surface area contributed by atoms with E-state index in [2.05, 4.69) is 30.3 Å². The average Bonchev–Trinajstić information content (AvgIpc) is 3.26. The molecular formula is C17H19NO. The lowest BCUT2D eigenvalue weighted by molar-refractivity contribution is 0.318. The molecule has 0 aliphatic heterocycles. The van der Waals surface area contributed by atoms with Crippen molar-refractivity contribution >= 4 is 5.69 Å². The molecule has 0 heterocycles. The normalized spacial score (nSPS) is 14.3. The molecule has 1 aliphatic carbocycles. The van der Waals surface area contributed by atoms with Crippen LogP contribution in [0.3, 0.4) is 0 Å². The van der Waals surface area contributed by atoms with Crippen LogP contribution in [0.5, 0.6) is 5.75 Å². The van der Waals surface area contributed by atoms with E-state index in [9.17, 15) is 0 Å².